The third-order valence-corrected chi connectivity index (χ3v) is 1.31. The Bertz CT molecular complexity index is 150. The normalized spacial score (nSPS) is 12.2. The third kappa shape index (κ3) is 3.53. The van der Waals surface area contributed by atoms with Crippen LogP contribution in [0.4, 0.5) is 0 Å². The van der Waals surface area contributed by atoms with Crippen molar-refractivity contribution in [3.63, 3.8) is 0 Å². The van der Waals surface area contributed by atoms with Gasteiger partial charge in [-0.15, -0.1) is 0 Å². The SMILES string of the molecule is CCCN(C)C(N=N)NC#N. The van der Waals surface area contributed by atoms with Gasteiger partial charge in [0, 0.05) is 6.54 Å². The van der Waals surface area contributed by atoms with Crippen LogP contribution in [0.25, 0.3) is 0 Å². The fourth-order valence-electron chi connectivity index (χ4n) is 0.774. The molecular formula is C6H13N5. The van der Waals surface area contributed by atoms with Crippen LogP contribution in [0, 0.1) is 17.0 Å². The van der Waals surface area contributed by atoms with E-state index < -0.39 is 6.29 Å². The number of nitrogens with zero attached hydrogens (tertiary/aromatic N) is 3. The van der Waals surface area contributed by atoms with Crippen LogP contribution in [0.2, 0.25) is 0 Å². The highest BCUT2D eigenvalue weighted by molar-refractivity contribution is 4.71. The molecule has 0 fully saturated rings. The van der Waals surface area contributed by atoms with Crippen molar-refractivity contribution >= 4 is 0 Å². The van der Waals surface area contributed by atoms with Crippen molar-refractivity contribution in [2.45, 2.75) is 19.6 Å². The van der Waals surface area contributed by atoms with Gasteiger partial charge in [0.2, 0.25) is 6.29 Å². The smallest absolute Gasteiger partial charge is 0.203 e. The van der Waals surface area contributed by atoms with Crippen molar-refractivity contribution in [1.29, 1.82) is 10.8 Å². The van der Waals surface area contributed by atoms with Crippen LogP contribution in [0.15, 0.2) is 5.11 Å². The highest BCUT2D eigenvalue weighted by Gasteiger charge is 2.09. The molecule has 62 valence electrons. The molecule has 0 rings (SSSR count). The van der Waals surface area contributed by atoms with Gasteiger partial charge in [0.25, 0.3) is 0 Å². The lowest BCUT2D eigenvalue weighted by molar-refractivity contribution is 0.220. The van der Waals surface area contributed by atoms with Crippen LogP contribution in [-0.4, -0.2) is 24.8 Å². The first-order valence-electron chi connectivity index (χ1n) is 3.47. The van der Waals surface area contributed by atoms with Gasteiger partial charge in [-0.05, 0) is 13.5 Å². The summed E-state index contributed by atoms with van der Waals surface area (Å²) in [6.45, 7) is 2.85. The van der Waals surface area contributed by atoms with E-state index in [0.717, 1.165) is 13.0 Å². The highest BCUT2D eigenvalue weighted by atomic mass is 15.4. The molecule has 0 aliphatic heterocycles. The summed E-state index contributed by atoms with van der Waals surface area (Å²) in [5.41, 5.74) is 6.74. The number of hydrogen-bond donors (Lipinski definition) is 2. The largest absolute Gasteiger partial charge is 0.287 e. The van der Waals surface area contributed by atoms with E-state index in [0.29, 0.717) is 0 Å². The molecule has 0 aliphatic rings. The number of nitriles is 1. The van der Waals surface area contributed by atoms with Crippen LogP contribution in [0.3, 0.4) is 0 Å². The lowest BCUT2D eigenvalue weighted by atomic mass is 10.4. The quantitative estimate of drug-likeness (QED) is 0.266. The number of rotatable bonds is 5. The van der Waals surface area contributed by atoms with Gasteiger partial charge in [-0.3, -0.25) is 10.2 Å². The summed E-state index contributed by atoms with van der Waals surface area (Å²) < 4.78 is 0. The standard InChI is InChI=1S/C6H13N5/c1-3-4-11(2)6(10-8)9-5-7/h6,8-9H,3-4H2,1-2H3. The summed E-state index contributed by atoms with van der Waals surface area (Å²) in [6.07, 6.45) is 2.23. The van der Waals surface area contributed by atoms with E-state index in [1.165, 1.54) is 0 Å². The second kappa shape index (κ2) is 5.62. The van der Waals surface area contributed by atoms with Crippen molar-refractivity contribution in [1.82, 2.24) is 10.2 Å². The molecule has 2 N–H and O–H groups in total. The van der Waals surface area contributed by atoms with Gasteiger partial charge in [0.05, 0.1) is 0 Å². The van der Waals surface area contributed by atoms with Crippen molar-refractivity contribution in [3.8, 4) is 6.19 Å². The maximum Gasteiger partial charge on any atom is 0.203 e. The van der Waals surface area contributed by atoms with Crippen LogP contribution in [0.5, 0.6) is 0 Å². The Hall–Kier alpha value is -1.15. The highest BCUT2D eigenvalue weighted by Crippen LogP contribution is 1.94. The minimum Gasteiger partial charge on any atom is -0.287 e. The zero-order chi connectivity index (χ0) is 8.69. The predicted octanol–water partition coefficient (Wildman–Crippen LogP) is 0.713. The number of hydrogen-bond acceptors (Lipinski definition) is 5. The average molecular weight is 155 g/mol. The minimum atomic E-state index is -0.500. The van der Waals surface area contributed by atoms with Crippen molar-refractivity contribution in [2.75, 3.05) is 13.6 Å². The van der Waals surface area contributed by atoms with E-state index in [9.17, 15) is 0 Å². The average Bonchev–Trinajstić information content (AvgIpc) is 2.00. The predicted molar refractivity (Wildman–Crippen MR) is 40.6 cm³/mol. The van der Waals surface area contributed by atoms with E-state index in [1.807, 2.05) is 14.0 Å². The van der Waals surface area contributed by atoms with E-state index in [1.54, 1.807) is 11.1 Å². The van der Waals surface area contributed by atoms with Gasteiger partial charge in [-0.1, -0.05) is 6.92 Å². The zero-order valence-corrected chi connectivity index (χ0v) is 6.83. The topological polar surface area (TPSA) is 75.3 Å². The summed E-state index contributed by atoms with van der Waals surface area (Å²) in [5.74, 6) is 0. The molecule has 1 atom stereocenters. The molecule has 11 heavy (non-hydrogen) atoms. The van der Waals surface area contributed by atoms with Crippen LogP contribution < -0.4 is 5.32 Å². The Morgan fingerprint density at radius 2 is 2.45 bits per heavy atom. The van der Waals surface area contributed by atoms with E-state index in [-0.39, 0.29) is 0 Å². The fraction of sp³-hybridized carbons (Fsp3) is 0.833. The lowest BCUT2D eigenvalue weighted by Crippen LogP contribution is -2.39. The first-order chi connectivity index (χ1) is 5.26. The lowest BCUT2D eigenvalue weighted by Gasteiger charge is -2.20. The molecule has 5 heteroatoms. The summed E-state index contributed by atoms with van der Waals surface area (Å²) in [5, 5.41) is 13.9. The molecule has 0 radical (unpaired) electrons. The number of nitrogens with one attached hydrogen (secondary N) is 2. The Morgan fingerprint density at radius 1 is 1.82 bits per heavy atom. The molecule has 0 aromatic rings. The van der Waals surface area contributed by atoms with Crippen LogP contribution in [-0.2, 0) is 0 Å². The molecule has 0 spiro atoms. The molecule has 0 heterocycles. The van der Waals surface area contributed by atoms with Gasteiger partial charge in [-0.2, -0.15) is 10.4 Å². The first-order valence-corrected chi connectivity index (χ1v) is 3.47. The molecule has 0 saturated carbocycles. The summed E-state index contributed by atoms with van der Waals surface area (Å²) in [4.78, 5) is 1.80. The first kappa shape index (κ1) is 9.85. The Labute approximate surface area is 66.5 Å². The second-order valence-electron chi connectivity index (χ2n) is 2.24. The van der Waals surface area contributed by atoms with E-state index >= 15 is 0 Å². The molecular weight excluding hydrogens is 142 g/mol. The van der Waals surface area contributed by atoms with Crippen molar-refractivity contribution in [3.05, 3.63) is 0 Å². The van der Waals surface area contributed by atoms with Gasteiger partial charge in [-0.25, -0.2) is 5.53 Å². The van der Waals surface area contributed by atoms with E-state index in [2.05, 4.69) is 10.4 Å². The van der Waals surface area contributed by atoms with Gasteiger partial charge in [0.15, 0.2) is 6.19 Å². The van der Waals surface area contributed by atoms with Crippen LogP contribution in [0.1, 0.15) is 13.3 Å². The Balaban J connectivity index is 3.82. The molecule has 0 aliphatic carbocycles. The summed E-state index contributed by atoms with van der Waals surface area (Å²) in [7, 11) is 1.82. The Kier molecular flexibility index (Phi) is 5.03. The summed E-state index contributed by atoms with van der Waals surface area (Å²) in [6, 6.07) is 0. The monoisotopic (exact) mass is 155 g/mol. The van der Waals surface area contributed by atoms with Crippen molar-refractivity contribution in [2.24, 2.45) is 5.11 Å². The van der Waals surface area contributed by atoms with Crippen molar-refractivity contribution < 1.29 is 0 Å². The summed E-state index contributed by atoms with van der Waals surface area (Å²) >= 11 is 0. The van der Waals surface area contributed by atoms with Gasteiger partial charge < -0.3 is 0 Å². The second-order valence-corrected chi connectivity index (χ2v) is 2.24. The zero-order valence-electron chi connectivity index (χ0n) is 6.83. The molecule has 0 amide bonds. The maximum absolute atomic E-state index is 8.25. The third-order valence-electron chi connectivity index (χ3n) is 1.31. The van der Waals surface area contributed by atoms with Gasteiger partial charge >= 0.3 is 0 Å². The van der Waals surface area contributed by atoms with Crippen LogP contribution >= 0.6 is 0 Å². The van der Waals surface area contributed by atoms with E-state index in [4.69, 9.17) is 10.8 Å². The molecule has 5 nitrogen and oxygen atoms in total. The molecule has 0 aromatic heterocycles. The molecule has 0 saturated heterocycles. The minimum absolute atomic E-state index is 0.500. The molecule has 0 aromatic carbocycles. The molecule has 1 unspecified atom stereocenters. The van der Waals surface area contributed by atoms with Gasteiger partial charge in [0.1, 0.15) is 0 Å². The Morgan fingerprint density at radius 3 is 2.82 bits per heavy atom. The fourth-order valence-corrected chi connectivity index (χ4v) is 0.774. The maximum atomic E-state index is 8.25. The molecule has 0 bridgehead atoms.